The van der Waals surface area contributed by atoms with Gasteiger partial charge in [0.05, 0.1) is 17.2 Å². The topological polar surface area (TPSA) is 55.8 Å². The quantitative estimate of drug-likeness (QED) is 0.505. The van der Waals surface area contributed by atoms with Crippen LogP contribution >= 0.6 is 11.8 Å². The molecule has 2 aromatic carbocycles. The van der Waals surface area contributed by atoms with E-state index in [1.54, 1.807) is 36.4 Å². The maximum absolute atomic E-state index is 12.7. The van der Waals surface area contributed by atoms with E-state index >= 15 is 0 Å². The molecule has 1 saturated heterocycles. The molecule has 1 aliphatic heterocycles. The third-order valence-corrected chi connectivity index (χ3v) is 4.61. The Balaban J connectivity index is 1.76. The summed E-state index contributed by atoms with van der Waals surface area (Å²) in [6.45, 7) is 6.49. The molecule has 0 aromatic heterocycles. The Labute approximate surface area is 162 Å². The van der Waals surface area contributed by atoms with Gasteiger partial charge in [-0.3, -0.25) is 9.59 Å². The van der Waals surface area contributed by atoms with Gasteiger partial charge in [0.1, 0.15) is 18.1 Å². The number of carbonyl (C=O) groups is 2. The van der Waals surface area contributed by atoms with Crippen LogP contribution in [0.1, 0.15) is 12.5 Å². The first-order valence-electron chi connectivity index (χ1n) is 8.47. The number of carbonyl (C=O) groups excluding carboxylic acids is 2. The zero-order chi connectivity index (χ0) is 19.2. The lowest BCUT2D eigenvalue weighted by Gasteiger charge is -2.13. The van der Waals surface area contributed by atoms with Gasteiger partial charge in [0.25, 0.3) is 11.1 Å². The zero-order valence-electron chi connectivity index (χ0n) is 14.9. The lowest BCUT2D eigenvalue weighted by atomic mass is 10.2. The molecule has 1 heterocycles. The molecule has 1 fully saturated rings. The first-order valence-corrected chi connectivity index (χ1v) is 9.28. The molecule has 0 radical (unpaired) electrons. The van der Waals surface area contributed by atoms with E-state index in [0.717, 1.165) is 23.1 Å². The molecular formula is C21H19NO4S. The molecule has 0 N–H and O–H groups in total. The third kappa shape index (κ3) is 4.41. The second-order valence-electron chi connectivity index (χ2n) is 5.61. The van der Waals surface area contributed by atoms with Gasteiger partial charge >= 0.3 is 0 Å². The molecule has 0 spiro atoms. The smallest absolute Gasteiger partial charge is 0.298 e. The summed E-state index contributed by atoms with van der Waals surface area (Å²) in [5, 5.41) is -0.318. The number of thioether (sulfide) groups is 1. The van der Waals surface area contributed by atoms with Crippen molar-refractivity contribution in [3.63, 3.8) is 0 Å². The van der Waals surface area contributed by atoms with Crippen LogP contribution in [0.25, 0.3) is 6.08 Å². The highest BCUT2D eigenvalue weighted by atomic mass is 32.2. The molecule has 3 rings (SSSR count). The van der Waals surface area contributed by atoms with Crippen LogP contribution < -0.4 is 14.4 Å². The largest absolute Gasteiger partial charge is 0.494 e. The first kappa shape index (κ1) is 18.8. The Kier molecular flexibility index (Phi) is 5.98. The maximum atomic E-state index is 12.7. The van der Waals surface area contributed by atoms with Crippen molar-refractivity contribution in [2.24, 2.45) is 0 Å². The molecular weight excluding hydrogens is 362 g/mol. The van der Waals surface area contributed by atoms with Gasteiger partial charge in [0.15, 0.2) is 0 Å². The maximum Gasteiger partial charge on any atom is 0.298 e. The number of rotatable bonds is 7. The van der Waals surface area contributed by atoms with E-state index in [0.29, 0.717) is 29.6 Å². The average Bonchev–Trinajstić information content (AvgIpc) is 2.95. The molecule has 0 aliphatic carbocycles. The van der Waals surface area contributed by atoms with Crippen molar-refractivity contribution in [1.29, 1.82) is 0 Å². The van der Waals surface area contributed by atoms with Gasteiger partial charge in [0.2, 0.25) is 0 Å². The Bertz CT molecular complexity index is 872. The van der Waals surface area contributed by atoms with Crippen molar-refractivity contribution in [3.05, 3.63) is 71.7 Å². The first-order chi connectivity index (χ1) is 13.1. The molecule has 1 aliphatic rings. The number of nitrogens with zero attached hydrogens (tertiary/aromatic N) is 1. The van der Waals surface area contributed by atoms with Gasteiger partial charge in [-0.2, -0.15) is 0 Å². The van der Waals surface area contributed by atoms with Crippen LogP contribution in [0, 0.1) is 0 Å². The van der Waals surface area contributed by atoms with Crippen LogP contribution in [-0.2, 0) is 4.79 Å². The molecule has 138 valence electrons. The van der Waals surface area contributed by atoms with E-state index in [9.17, 15) is 9.59 Å². The van der Waals surface area contributed by atoms with E-state index in [1.165, 1.54) is 4.90 Å². The molecule has 6 heteroatoms. The monoisotopic (exact) mass is 381 g/mol. The van der Waals surface area contributed by atoms with E-state index in [1.807, 2.05) is 31.2 Å². The van der Waals surface area contributed by atoms with Crippen molar-refractivity contribution in [2.75, 3.05) is 18.1 Å². The molecule has 5 nitrogen and oxygen atoms in total. The van der Waals surface area contributed by atoms with E-state index < -0.39 is 0 Å². The highest BCUT2D eigenvalue weighted by Gasteiger charge is 2.36. The molecule has 0 saturated carbocycles. The number of benzene rings is 2. The highest BCUT2D eigenvalue weighted by Crippen LogP contribution is 2.36. The Morgan fingerprint density at radius 3 is 2.26 bits per heavy atom. The predicted octanol–water partition coefficient (Wildman–Crippen LogP) is 4.89. The van der Waals surface area contributed by atoms with Crippen LogP contribution in [0.15, 0.2) is 66.1 Å². The van der Waals surface area contributed by atoms with Crippen LogP contribution in [0.5, 0.6) is 11.5 Å². The molecule has 27 heavy (non-hydrogen) atoms. The van der Waals surface area contributed by atoms with Gasteiger partial charge in [-0.15, -0.1) is 0 Å². The van der Waals surface area contributed by atoms with Crippen molar-refractivity contribution in [3.8, 4) is 11.5 Å². The lowest BCUT2D eigenvalue weighted by molar-refractivity contribution is -0.113. The van der Waals surface area contributed by atoms with E-state index in [2.05, 4.69) is 6.58 Å². The number of hydrogen-bond donors (Lipinski definition) is 0. The standard InChI is InChI=1S/C21H19NO4S/c1-3-13-26-18-9-5-15(6-10-18)14-19-20(23)22(21(24)27-19)16-7-11-17(12-8-16)25-4-2/h3,5-12,14H,1,4,13H2,2H3. The molecule has 0 atom stereocenters. The molecule has 2 amide bonds. The predicted molar refractivity (Wildman–Crippen MR) is 108 cm³/mol. The van der Waals surface area contributed by atoms with Crippen molar-refractivity contribution in [2.45, 2.75) is 6.92 Å². The summed E-state index contributed by atoms with van der Waals surface area (Å²) in [6, 6.07) is 14.2. The minimum absolute atomic E-state index is 0.318. The average molecular weight is 381 g/mol. The number of anilines is 1. The summed E-state index contributed by atoms with van der Waals surface area (Å²) in [5.41, 5.74) is 1.34. The zero-order valence-corrected chi connectivity index (χ0v) is 15.7. The fourth-order valence-corrected chi connectivity index (χ4v) is 3.36. The number of amides is 2. The normalized spacial score (nSPS) is 15.3. The summed E-state index contributed by atoms with van der Waals surface area (Å²) < 4.78 is 10.8. The van der Waals surface area contributed by atoms with E-state index in [4.69, 9.17) is 9.47 Å². The summed E-state index contributed by atoms with van der Waals surface area (Å²) in [5.74, 6) is 1.08. The molecule has 2 aromatic rings. The summed E-state index contributed by atoms with van der Waals surface area (Å²) in [4.78, 5) is 26.6. The number of hydrogen-bond acceptors (Lipinski definition) is 5. The van der Waals surface area contributed by atoms with E-state index in [-0.39, 0.29) is 11.1 Å². The second-order valence-corrected chi connectivity index (χ2v) is 6.61. The van der Waals surface area contributed by atoms with Crippen molar-refractivity contribution >= 4 is 34.7 Å². The lowest BCUT2D eigenvalue weighted by Crippen LogP contribution is -2.27. The highest BCUT2D eigenvalue weighted by molar-refractivity contribution is 8.19. The number of ether oxygens (including phenoxy) is 2. The second kappa shape index (κ2) is 8.60. The van der Waals surface area contributed by atoms with Crippen LogP contribution in [0.2, 0.25) is 0 Å². The van der Waals surface area contributed by atoms with Crippen molar-refractivity contribution in [1.82, 2.24) is 0 Å². The summed E-state index contributed by atoms with van der Waals surface area (Å²) in [7, 11) is 0. The van der Waals surface area contributed by atoms with Crippen LogP contribution in [-0.4, -0.2) is 24.4 Å². The minimum Gasteiger partial charge on any atom is -0.494 e. The van der Waals surface area contributed by atoms with Gasteiger partial charge in [-0.25, -0.2) is 4.90 Å². The Hall–Kier alpha value is -2.99. The summed E-state index contributed by atoms with van der Waals surface area (Å²) in [6.07, 6.45) is 3.38. The van der Waals surface area contributed by atoms with Crippen LogP contribution in [0.3, 0.4) is 0 Å². The van der Waals surface area contributed by atoms with Gasteiger partial charge in [-0.1, -0.05) is 24.8 Å². The minimum atomic E-state index is -0.332. The number of imide groups is 1. The van der Waals surface area contributed by atoms with Gasteiger partial charge in [-0.05, 0) is 66.7 Å². The SMILES string of the molecule is C=CCOc1ccc(C=C2SC(=O)N(c3ccc(OCC)cc3)C2=O)cc1. The van der Waals surface area contributed by atoms with Crippen molar-refractivity contribution < 1.29 is 19.1 Å². The Morgan fingerprint density at radius 2 is 1.63 bits per heavy atom. The van der Waals surface area contributed by atoms with Gasteiger partial charge < -0.3 is 9.47 Å². The van der Waals surface area contributed by atoms with Crippen LogP contribution in [0.4, 0.5) is 10.5 Å². The molecule has 0 unspecified atom stereocenters. The fraction of sp³-hybridized carbons (Fsp3) is 0.143. The summed E-state index contributed by atoms with van der Waals surface area (Å²) >= 11 is 0.927. The van der Waals surface area contributed by atoms with Gasteiger partial charge in [0, 0.05) is 0 Å². The molecule has 0 bridgehead atoms. The third-order valence-electron chi connectivity index (χ3n) is 3.75. The Morgan fingerprint density at radius 1 is 1.00 bits per heavy atom. The fourth-order valence-electron chi connectivity index (χ4n) is 2.52.